The van der Waals surface area contributed by atoms with Crippen LogP contribution in [-0.2, 0) is 6.42 Å². The molecule has 0 aliphatic heterocycles. The van der Waals surface area contributed by atoms with Crippen molar-refractivity contribution in [3.05, 3.63) is 58.6 Å². The highest BCUT2D eigenvalue weighted by atomic mass is 35.5. The Hall–Kier alpha value is -2.14. The van der Waals surface area contributed by atoms with Crippen LogP contribution in [0.5, 0.6) is 5.75 Å². The molecular formula is C14H12ClFN2O2. The van der Waals surface area contributed by atoms with Crippen LogP contribution in [0.15, 0.2) is 36.5 Å². The van der Waals surface area contributed by atoms with Crippen LogP contribution in [0.3, 0.4) is 0 Å². The number of carbonyl (C=O) groups excluding carboxylic acids is 1. The fraction of sp³-hybridized carbons (Fsp3) is 0.143. The number of hydrogen-bond donors (Lipinski definition) is 2. The molecular weight excluding hydrogens is 283 g/mol. The van der Waals surface area contributed by atoms with E-state index in [-0.39, 0.29) is 16.5 Å². The van der Waals surface area contributed by atoms with E-state index >= 15 is 0 Å². The minimum absolute atomic E-state index is 0.0115. The van der Waals surface area contributed by atoms with Gasteiger partial charge in [0.05, 0.1) is 11.8 Å². The molecule has 0 saturated heterocycles. The predicted octanol–water partition coefficient (Wildman–Crippen LogP) is 2.55. The van der Waals surface area contributed by atoms with E-state index in [9.17, 15) is 9.18 Å². The van der Waals surface area contributed by atoms with Crippen LogP contribution in [0.4, 0.5) is 4.39 Å². The minimum Gasteiger partial charge on any atom is -0.508 e. The summed E-state index contributed by atoms with van der Waals surface area (Å²) in [5.41, 5.74) is 0.976. The van der Waals surface area contributed by atoms with E-state index in [2.05, 4.69) is 10.3 Å². The molecule has 0 aliphatic rings. The summed E-state index contributed by atoms with van der Waals surface area (Å²) in [6.07, 6.45) is 1.54. The van der Waals surface area contributed by atoms with Crippen molar-refractivity contribution < 1.29 is 14.3 Å². The maximum absolute atomic E-state index is 13.0. The Bertz CT molecular complexity index is 617. The number of phenolic OH excluding ortho intramolecular Hbond substituents is 1. The summed E-state index contributed by atoms with van der Waals surface area (Å²) in [7, 11) is 0. The molecule has 2 aromatic rings. The molecule has 1 amide bonds. The quantitative estimate of drug-likeness (QED) is 0.852. The van der Waals surface area contributed by atoms with Gasteiger partial charge in [-0.05, 0) is 30.2 Å². The molecule has 6 heteroatoms. The van der Waals surface area contributed by atoms with Crippen LogP contribution in [0, 0.1) is 5.82 Å². The second-order valence-electron chi connectivity index (χ2n) is 4.16. The largest absolute Gasteiger partial charge is 0.508 e. The van der Waals surface area contributed by atoms with E-state index in [1.165, 1.54) is 0 Å². The Labute approximate surface area is 120 Å². The highest BCUT2D eigenvalue weighted by Gasteiger charge is 2.12. The van der Waals surface area contributed by atoms with Crippen LogP contribution in [0.1, 0.15) is 15.9 Å². The number of rotatable bonds is 4. The summed E-state index contributed by atoms with van der Waals surface area (Å²) < 4.78 is 13.0. The van der Waals surface area contributed by atoms with Gasteiger partial charge < -0.3 is 10.4 Å². The number of aromatic hydroxyl groups is 1. The molecule has 1 aromatic carbocycles. The van der Waals surface area contributed by atoms with Crippen LogP contribution in [0.25, 0.3) is 0 Å². The first-order chi connectivity index (χ1) is 9.56. The molecule has 0 saturated carbocycles. The van der Waals surface area contributed by atoms with Crippen LogP contribution >= 0.6 is 11.6 Å². The number of carbonyl (C=O) groups is 1. The molecule has 0 unspecified atom stereocenters. The van der Waals surface area contributed by atoms with E-state index in [4.69, 9.17) is 16.7 Å². The van der Waals surface area contributed by atoms with Gasteiger partial charge in [0.15, 0.2) is 0 Å². The smallest absolute Gasteiger partial charge is 0.254 e. The number of nitrogens with zero attached hydrogens (tertiary/aromatic N) is 1. The fourth-order valence-electron chi connectivity index (χ4n) is 1.66. The lowest BCUT2D eigenvalue weighted by molar-refractivity contribution is 0.0953. The second-order valence-corrected chi connectivity index (χ2v) is 4.52. The molecule has 0 aliphatic carbocycles. The average molecular weight is 295 g/mol. The predicted molar refractivity (Wildman–Crippen MR) is 73.3 cm³/mol. The van der Waals surface area contributed by atoms with E-state index in [1.807, 2.05) is 0 Å². The topological polar surface area (TPSA) is 62.2 Å². The normalized spacial score (nSPS) is 10.3. The van der Waals surface area contributed by atoms with E-state index in [0.717, 1.165) is 17.8 Å². The Morgan fingerprint density at radius 1 is 1.35 bits per heavy atom. The molecule has 0 radical (unpaired) electrons. The first-order valence-electron chi connectivity index (χ1n) is 5.93. The van der Waals surface area contributed by atoms with Gasteiger partial charge in [-0.15, -0.1) is 0 Å². The zero-order chi connectivity index (χ0) is 14.5. The van der Waals surface area contributed by atoms with Crippen LogP contribution < -0.4 is 5.32 Å². The Balaban J connectivity index is 1.92. The highest BCUT2D eigenvalue weighted by Crippen LogP contribution is 2.13. The van der Waals surface area contributed by atoms with E-state index in [1.54, 1.807) is 24.3 Å². The van der Waals surface area contributed by atoms with Crippen molar-refractivity contribution in [1.82, 2.24) is 10.3 Å². The standard InChI is InChI=1S/C14H12ClFN2O2/c15-13-12(7-10(16)8-18-13)14(20)17-6-5-9-1-3-11(19)4-2-9/h1-4,7-8,19H,5-6H2,(H,17,20). The van der Waals surface area contributed by atoms with Crippen molar-refractivity contribution in [1.29, 1.82) is 0 Å². The summed E-state index contributed by atoms with van der Waals surface area (Å²) in [4.78, 5) is 15.4. The molecule has 0 spiro atoms. The second kappa shape index (κ2) is 6.34. The molecule has 1 heterocycles. The molecule has 0 fully saturated rings. The monoisotopic (exact) mass is 294 g/mol. The number of hydrogen-bond acceptors (Lipinski definition) is 3. The first-order valence-corrected chi connectivity index (χ1v) is 6.31. The summed E-state index contributed by atoms with van der Waals surface area (Å²) in [6, 6.07) is 7.72. The van der Waals surface area contributed by atoms with Gasteiger partial charge in [0.2, 0.25) is 0 Å². The molecule has 20 heavy (non-hydrogen) atoms. The number of amides is 1. The van der Waals surface area contributed by atoms with Gasteiger partial charge in [-0.25, -0.2) is 9.37 Å². The lowest BCUT2D eigenvalue weighted by atomic mass is 10.1. The third-order valence-electron chi connectivity index (χ3n) is 2.69. The molecule has 0 bridgehead atoms. The third-order valence-corrected chi connectivity index (χ3v) is 2.99. The van der Waals surface area contributed by atoms with Gasteiger partial charge in [-0.1, -0.05) is 23.7 Å². The average Bonchev–Trinajstić information content (AvgIpc) is 2.43. The van der Waals surface area contributed by atoms with Crippen molar-refractivity contribution in [3.8, 4) is 5.75 Å². The van der Waals surface area contributed by atoms with Crippen molar-refractivity contribution in [2.24, 2.45) is 0 Å². The summed E-state index contributed by atoms with van der Waals surface area (Å²) in [6.45, 7) is 0.371. The molecule has 2 rings (SSSR count). The van der Waals surface area contributed by atoms with Crippen molar-refractivity contribution in [3.63, 3.8) is 0 Å². The zero-order valence-corrected chi connectivity index (χ0v) is 11.2. The van der Waals surface area contributed by atoms with Gasteiger partial charge in [0.25, 0.3) is 5.91 Å². The number of nitrogens with one attached hydrogen (secondary N) is 1. The minimum atomic E-state index is -0.613. The Morgan fingerprint density at radius 3 is 2.75 bits per heavy atom. The third kappa shape index (κ3) is 3.68. The zero-order valence-electron chi connectivity index (χ0n) is 10.4. The number of halogens is 2. The molecule has 1 aromatic heterocycles. The number of phenols is 1. The summed E-state index contributed by atoms with van der Waals surface area (Å²) in [5.74, 6) is -0.894. The molecule has 4 nitrogen and oxygen atoms in total. The highest BCUT2D eigenvalue weighted by molar-refractivity contribution is 6.32. The lowest BCUT2D eigenvalue weighted by Gasteiger charge is -2.06. The van der Waals surface area contributed by atoms with Crippen LogP contribution in [-0.4, -0.2) is 22.5 Å². The van der Waals surface area contributed by atoms with Gasteiger partial charge in [0.1, 0.15) is 16.7 Å². The first kappa shape index (κ1) is 14.3. The van der Waals surface area contributed by atoms with Crippen molar-refractivity contribution >= 4 is 17.5 Å². The van der Waals surface area contributed by atoms with Crippen LogP contribution in [0.2, 0.25) is 5.15 Å². The number of aromatic nitrogens is 1. The Kier molecular flexibility index (Phi) is 4.53. The van der Waals surface area contributed by atoms with E-state index < -0.39 is 11.7 Å². The summed E-state index contributed by atoms with van der Waals surface area (Å²) in [5, 5.41) is 11.8. The summed E-state index contributed by atoms with van der Waals surface area (Å²) >= 11 is 5.74. The molecule has 104 valence electrons. The maximum Gasteiger partial charge on any atom is 0.254 e. The maximum atomic E-state index is 13.0. The number of pyridine rings is 1. The molecule has 0 atom stereocenters. The van der Waals surface area contributed by atoms with Gasteiger partial charge in [0, 0.05) is 6.54 Å². The fourth-order valence-corrected chi connectivity index (χ4v) is 1.85. The van der Waals surface area contributed by atoms with Gasteiger partial charge in [-0.3, -0.25) is 4.79 Å². The lowest BCUT2D eigenvalue weighted by Crippen LogP contribution is -2.26. The van der Waals surface area contributed by atoms with Gasteiger partial charge in [-0.2, -0.15) is 0 Å². The Morgan fingerprint density at radius 2 is 2.05 bits per heavy atom. The van der Waals surface area contributed by atoms with Crippen molar-refractivity contribution in [2.75, 3.05) is 6.54 Å². The number of benzene rings is 1. The SMILES string of the molecule is O=C(NCCc1ccc(O)cc1)c1cc(F)cnc1Cl. The molecule has 2 N–H and O–H groups in total. The van der Waals surface area contributed by atoms with E-state index in [0.29, 0.717) is 13.0 Å². The van der Waals surface area contributed by atoms with Gasteiger partial charge >= 0.3 is 0 Å². The van der Waals surface area contributed by atoms with Crippen molar-refractivity contribution in [2.45, 2.75) is 6.42 Å².